The van der Waals surface area contributed by atoms with E-state index in [4.69, 9.17) is 9.47 Å². The summed E-state index contributed by atoms with van der Waals surface area (Å²) in [6.45, 7) is 5.55. The number of aromatic nitrogens is 2. The van der Waals surface area contributed by atoms with E-state index in [1.54, 1.807) is 7.11 Å². The first-order valence-electron chi connectivity index (χ1n) is 8.58. The van der Waals surface area contributed by atoms with Crippen LogP contribution in [0.4, 0.5) is 0 Å². The largest absolute Gasteiger partial charge is 0.493 e. The summed E-state index contributed by atoms with van der Waals surface area (Å²) in [6.07, 6.45) is 4.95. The molecule has 3 rings (SSSR count). The van der Waals surface area contributed by atoms with Gasteiger partial charge >= 0.3 is 0 Å². The molecular weight excluding hydrogens is 312 g/mol. The molecule has 0 atom stereocenters. The molecule has 4 heteroatoms. The molecule has 1 heterocycles. The molecular formula is C21H24N2O2. The lowest BCUT2D eigenvalue weighted by molar-refractivity contribution is 0.283. The van der Waals surface area contributed by atoms with Crippen LogP contribution in [-0.2, 0) is 6.54 Å². The number of fused-ring (bicyclic) bond motifs is 1. The monoisotopic (exact) mass is 336 g/mol. The Hall–Kier alpha value is -2.75. The number of rotatable bonds is 7. The van der Waals surface area contributed by atoms with Crippen molar-refractivity contribution in [3.05, 3.63) is 59.9 Å². The molecule has 0 N–H and O–H groups in total. The molecule has 25 heavy (non-hydrogen) atoms. The fourth-order valence-electron chi connectivity index (χ4n) is 2.98. The van der Waals surface area contributed by atoms with Crippen LogP contribution < -0.4 is 9.47 Å². The highest BCUT2D eigenvalue weighted by Crippen LogP contribution is 2.28. The third-order valence-corrected chi connectivity index (χ3v) is 4.18. The molecule has 0 saturated carbocycles. The van der Waals surface area contributed by atoms with Gasteiger partial charge in [-0.1, -0.05) is 30.4 Å². The van der Waals surface area contributed by atoms with Crippen molar-refractivity contribution in [2.75, 3.05) is 13.7 Å². The molecule has 4 nitrogen and oxygen atoms in total. The van der Waals surface area contributed by atoms with Crippen molar-refractivity contribution in [1.29, 1.82) is 0 Å². The smallest absolute Gasteiger partial charge is 0.161 e. The number of para-hydroxylation sites is 2. The van der Waals surface area contributed by atoms with Gasteiger partial charge in [0.2, 0.25) is 0 Å². The SMILES string of the molecule is C/C=C/c1ccc(OCCCn2c(C)nc3ccccc32)c(OC)c1. The first-order chi connectivity index (χ1) is 12.2. The highest BCUT2D eigenvalue weighted by Gasteiger charge is 2.07. The highest BCUT2D eigenvalue weighted by molar-refractivity contribution is 5.75. The van der Waals surface area contributed by atoms with Gasteiger partial charge in [0.05, 0.1) is 24.8 Å². The topological polar surface area (TPSA) is 36.3 Å². The molecule has 130 valence electrons. The first kappa shape index (κ1) is 17.1. The summed E-state index contributed by atoms with van der Waals surface area (Å²) in [5.74, 6) is 2.58. The van der Waals surface area contributed by atoms with Crippen molar-refractivity contribution >= 4 is 17.1 Å². The summed E-state index contributed by atoms with van der Waals surface area (Å²) in [5, 5.41) is 0. The molecule has 0 fully saturated rings. The summed E-state index contributed by atoms with van der Waals surface area (Å²) in [7, 11) is 1.67. The predicted molar refractivity (Wildman–Crippen MR) is 102 cm³/mol. The van der Waals surface area contributed by atoms with Crippen molar-refractivity contribution in [3.63, 3.8) is 0 Å². The van der Waals surface area contributed by atoms with Crippen LogP contribution in [0.2, 0.25) is 0 Å². The van der Waals surface area contributed by atoms with Gasteiger partial charge in [-0.2, -0.15) is 0 Å². The van der Waals surface area contributed by atoms with Crippen LogP contribution in [0, 0.1) is 6.92 Å². The van der Waals surface area contributed by atoms with Crippen molar-refractivity contribution in [3.8, 4) is 11.5 Å². The second-order valence-corrected chi connectivity index (χ2v) is 5.91. The number of benzene rings is 2. The van der Waals surface area contributed by atoms with Gasteiger partial charge < -0.3 is 14.0 Å². The van der Waals surface area contributed by atoms with Gasteiger partial charge in [-0.3, -0.25) is 0 Å². The number of imidazole rings is 1. The van der Waals surface area contributed by atoms with Gasteiger partial charge in [0, 0.05) is 6.54 Å². The minimum Gasteiger partial charge on any atom is -0.493 e. The van der Waals surface area contributed by atoms with Crippen molar-refractivity contribution in [2.24, 2.45) is 0 Å². The van der Waals surface area contributed by atoms with Crippen LogP contribution in [0.1, 0.15) is 24.7 Å². The van der Waals surface area contributed by atoms with E-state index in [2.05, 4.69) is 15.6 Å². The molecule has 0 saturated heterocycles. The van der Waals surface area contributed by atoms with E-state index < -0.39 is 0 Å². The van der Waals surface area contributed by atoms with Gasteiger partial charge in [-0.05, 0) is 50.1 Å². The Morgan fingerprint density at radius 2 is 1.96 bits per heavy atom. The lowest BCUT2D eigenvalue weighted by Crippen LogP contribution is -2.06. The fourth-order valence-corrected chi connectivity index (χ4v) is 2.98. The van der Waals surface area contributed by atoms with Crippen LogP contribution in [0.3, 0.4) is 0 Å². The van der Waals surface area contributed by atoms with Crippen LogP contribution >= 0.6 is 0 Å². The van der Waals surface area contributed by atoms with E-state index in [0.29, 0.717) is 6.61 Å². The fraction of sp³-hybridized carbons (Fsp3) is 0.286. The number of nitrogens with zero attached hydrogens (tertiary/aromatic N) is 2. The van der Waals surface area contributed by atoms with Crippen LogP contribution in [0.5, 0.6) is 11.5 Å². The van der Waals surface area contributed by atoms with Crippen molar-refractivity contribution in [2.45, 2.75) is 26.8 Å². The second kappa shape index (κ2) is 7.88. The molecule has 0 spiro atoms. The molecule has 3 aromatic rings. The second-order valence-electron chi connectivity index (χ2n) is 5.91. The van der Waals surface area contributed by atoms with E-state index in [1.807, 2.05) is 62.4 Å². The summed E-state index contributed by atoms with van der Waals surface area (Å²) < 4.78 is 13.6. The Bertz CT molecular complexity index is 881. The Morgan fingerprint density at radius 3 is 2.76 bits per heavy atom. The van der Waals surface area contributed by atoms with E-state index in [1.165, 1.54) is 5.52 Å². The zero-order valence-electron chi connectivity index (χ0n) is 15.0. The maximum atomic E-state index is 5.93. The molecule has 0 amide bonds. The average Bonchev–Trinajstić information content (AvgIpc) is 2.95. The summed E-state index contributed by atoms with van der Waals surface area (Å²) in [4.78, 5) is 4.60. The average molecular weight is 336 g/mol. The molecule has 0 aliphatic heterocycles. The highest BCUT2D eigenvalue weighted by atomic mass is 16.5. The Labute approximate surface area is 148 Å². The number of aryl methyl sites for hydroxylation is 2. The number of hydrogen-bond donors (Lipinski definition) is 0. The third-order valence-electron chi connectivity index (χ3n) is 4.18. The van der Waals surface area contributed by atoms with E-state index in [0.717, 1.165) is 41.4 Å². The molecule has 2 aromatic carbocycles. The van der Waals surface area contributed by atoms with Crippen LogP contribution in [-0.4, -0.2) is 23.3 Å². The number of ether oxygens (including phenoxy) is 2. The summed E-state index contributed by atoms with van der Waals surface area (Å²) >= 11 is 0. The number of methoxy groups -OCH3 is 1. The molecule has 0 aliphatic carbocycles. The van der Waals surface area contributed by atoms with E-state index in [-0.39, 0.29) is 0 Å². The number of hydrogen-bond acceptors (Lipinski definition) is 3. The maximum Gasteiger partial charge on any atom is 0.161 e. The molecule has 0 unspecified atom stereocenters. The van der Waals surface area contributed by atoms with E-state index in [9.17, 15) is 0 Å². The van der Waals surface area contributed by atoms with Gasteiger partial charge in [0.15, 0.2) is 11.5 Å². The van der Waals surface area contributed by atoms with Gasteiger partial charge in [0.1, 0.15) is 5.82 Å². The van der Waals surface area contributed by atoms with E-state index >= 15 is 0 Å². The summed E-state index contributed by atoms with van der Waals surface area (Å²) in [6, 6.07) is 14.2. The third kappa shape index (κ3) is 3.85. The van der Waals surface area contributed by atoms with Gasteiger partial charge in [0.25, 0.3) is 0 Å². The minimum absolute atomic E-state index is 0.630. The first-order valence-corrected chi connectivity index (χ1v) is 8.58. The standard InChI is InChI=1S/C21H24N2O2/c1-4-8-17-11-12-20(21(15-17)24-3)25-14-7-13-23-16(2)22-18-9-5-6-10-19(18)23/h4-6,8-12,15H,7,13-14H2,1-3H3/b8-4+. The lowest BCUT2D eigenvalue weighted by atomic mass is 10.2. The molecule has 0 aliphatic rings. The van der Waals surface area contributed by atoms with Gasteiger partial charge in [-0.15, -0.1) is 0 Å². The van der Waals surface area contributed by atoms with Crippen molar-refractivity contribution in [1.82, 2.24) is 9.55 Å². The summed E-state index contributed by atoms with van der Waals surface area (Å²) in [5.41, 5.74) is 3.32. The maximum absolute atomic E-state index is 5.93. The zero-order valence-corrected chi connectivity index (χ0v) is 15.0. The van der Waals surface area contributed by atoms with Gasteiger partial charge in [-0.25, -0.2) is 4.98 Å². The lowest BCUT2D eigenvalue weighted by Gasteiger charge is -2.12. The molecule has 0 radical (unpaired) electrons. The quantitative estimate of drug-likeness (QED) is 0.578. The predicted octanol–water partition coefficient (Wildman–Crippen LogP) is 4.86. The molecule has 0 bridgehead atoms. The number of allylic oxidation sites excluding steroid dienone is 1. The Balaban J connectivity index is 1.62. The zero-order chi connectivity index (χ0) is 17.6. The minimum atomic E-state index is 0.630. The normalized spacial score (nSPS) is 11.3. The van der Waals surface area contributed by atoms with Crippen molar-refractivity contribution < 1.29 is 9.47 Å². The molecule has 1 aromatic heterocycles. The Kier molecular flexibility index (Phi) is 5.39. The Morgan fingerprint density at radius 1 is 1.12 bits per heavy atom. The van der Waals surface area contributed by atoms with Crippen LogP contribution in [0.25, 0.3) is 17.1 Å². The van der Waals surface area contributed by atoms with Crippen LogP contribution in [0.15, 0.2) is 48.5 Å².